The van der Waals surface area contributed by atoms with Gasteiger partial charge in [-0.25, -0.2) is 9.37 Å². The van der Waals surface area contributed by atoms with E-state index in [9.17, 15) is 9.18 Å². The third-order valence-corrected chi connectivity index (χ3v) is 6.30. The van der Waals surface area contributed by atoms with Crippen molar-refractivity contribution in [3.8, 4) is 11.5 Å². The lowest BCUT2D eigenvalue weighted by atomic mass is 10.0. The predicted molar refractivity (Wildman–Crippen MR) is 122 cm³/mol. The third kappa shape index (κ3) is 5.63. The summed E-state index contributed by atoms with van der Waals surface area (Å²) in [5.41, 5.74) is 1.50. The zero-order valence-corrected chi connectivity index (χ0v) is 18.7. The summed E-state index contributed by atoms with van der Waals surface area (Å²) in [6.45, 7) is 2.74. The van der Waals surface area contributed by atoms with Crippen molar-refractivity contribution in [2.24, 2.45) is 0 Å². The molecule has 0 aliphatic carbocycles. The van der Waals surface area contributed by atoms with Gasteiger partial charge in [-0.05, 0) is 67.9 Å². The van der Waals surface area contributed by atoms with Crippen molar-refractivity contribution in [2.75, 3.05) is 26.7 Å². The molecule has 32 heavy (non-hydrogen) atoms. The maximum atomic E-state index is 13.0. The molecule has 1 amide bonds. The number of methoxy groups -OCH3 is 1. The van der Waals surface area contributed by atoms with Crippen LogP contribution in [0.25, 0.3) is 0 Å². The van der Waals surface area contributed by atoms with Gasteiger partial charge in [-0.1, -0.05) is 12.1 Å². The van der Waals surface area contributed by atoms with Crippen LogP contribution in [0.1, 0.15) is 39.9 Å². The first-order valence-electron chi connectivity index (χ1n) is 10.6. The number of ether oxygens (including phenoxy) is 2. The maximum absolute atomic E-state index is 13.0. The average Bonchev–Trinajstić information content (AvgIpc) is 3.52. The molecule has 4 rings (SSSR count). The summed E-state index contributed by atoms with van der Waals surface area (Å²) in [6, 6.07) is 13.9. The molecule has 8 heteroatoms. The molecule has 0 bridgehead atoms. The molecule has 1 N–H and O–H groups in total. The monoisotopic (exact) mass is 455 g/mol. The molecule has 0 radical (unpaired) electrons. The molecular formula is C24H26FN3O3S. The molecule has 3 aromatic rings. The zero-order valence-electron chi connectivity index (χ0n) is 17.9. The largest absolute Gasteiger partial charge is 0.497 e. The first kappa shape index (κ1) is 22.2. The highest BCUT2D eigenvalue weighted by atomic mass is 32.1. The number of nitrogens with one attached hydrogen (secondary N) is 1. The quantitative estimate of drug-likeness (QED) is 0.517. The van der Waals surface area contributed by atoms with Gasteiger partial charge in [-0.3, -0.25) is 9.69 Å². The van der Waals surface area contributed by atoms with Crippen molar-refractivity contribution in [1.82, 2.24) is 15.2 Å². The number of rotatable bonds is 9. The Labute approximate surface area is 191 Å². The van der Waals surface area contributed by atoms with Crippen molar-refractivity contribution in [3.05, 3.63) is 76.0 Å². The van der Waals surface area contributed by atoms with Gasteiger partial charge >= 0.3 is 0 Å². The van der Waals surface area contributed by atoms with Crippen LogP contribution in [-0.2, 0) is 6.61 Å². The number of hydrogen-bond acceptors (Lipinski definition) is 6. The fraction of sp³-hybridized carbons (Fsp3) is 0.333. The highest BCUT2D eigenvalue weighted by molar-refractivity contribution is 7.09. The van der Waals surface area contributed by atoms with Crippen LogP contribution in [0.4, 0.5) is 4.39 Å². The molecule has 1 atom stereocenters. The smallest absolute Gasteiger partial charge is 0.270 e. The normalized spacial score (nSPS) is 14.8. The highest BCUT2D eigenvalue weighted by Gasteiger charge is 2.25. The first-order chi connectivity index (χ1) is 15.6. The van der Waals surface area contributed by atoms with E-state index in [2.05, 4.69) is 21.3 Å². The highest BCUT2D eigenvalue weighted by Crippen LogP contribution is 2.27. The second-order valence-electron chi connectivity index (χ2n) is 7.61. The number of hydrogen-bond donors (Lipinski definition) is 1. The van der Waals surface area contributed by atoms with Gasteiger partial charge in [0.15, 0.2) is 0 Å². The lowest BCUT2D eigenvalue weighted by Crippen LogP contribution is -2.37. The molecule has 1 unspecified atom stereocenters. The van der Waals surface area contributed by atoms with Crippen LogP contribution in [0, 0.1) is 5.82 Å². The van der Waals surface area contributed by atoms with Crippen molar-refractivity contribution in [3.63, 3.8) is 0 Å². The number of amides is 1. The molecular weight excluding hydrogens is 429 g/mol. The lowest BCUT2D eigenvalue weighted by molar-refractivity contribution is 0.0933. The van der Waals surface area contributed by atoms with Gasteiger partial charge in [0.2, 0.25) is 0 Å². The van der Waals surface area contributed by atoms with E-state index in [-0.39, 0.29) is 24.4 Å². The minimum Gasteiger partial charge on any atom is -0.497 e. The van der Waals surface area contributed by atoms with E-state index in [0.717, 1.165) is 37.2 Å². The van der Waals surface area contributed by atoms with Crippen LogP contribution in [0.15, 0.2) is 53.9 Å². The second kappa shape index (κ2) is 10.6. The van der Waals surface area contributed by atoms with E-state index in [0.29, 0.717) is 23.0 Å². The predicted octanol–water partition coefficient (Wildman–Crippen LogP) is 4.44. The summed E-state index contributed by atoms with van der Waals surface area (Å²) >= 11 is 1.36. The molecule has 2 heterocycles. The Morgan fingerprint density at radius 2 is 1.97 bits per heavy atom. The van der Waals surface area contributed by atoms with E-state index in [1.54, 1.807) is 24.6 Å². The van der Waals surface area contributed by atoms with Crippen molar-refractivity contribution in [2.45, 2.75) is 25.5 Å². The Balaban J connectivity index is 1.37. The van der Waals surface area contributed by atoms with Crippen LogP contribution in [0.3, 0.4) is 0 Å². The number of benzene rings is 2. The number of nitrogens with zero attached hydrogens (tertiary/aromatic N) is 2. The zero-order chi connectivity index (χ0) is 22.3. The summed E-state index contributed by atoms with van der Waals surface area (Å²) in [5, 5.41) is 5.46. The molecule has 1 aromatic heterocycles. The summed E-state index contributed by atoms with van der Waals surface area (Å²) in [5.74, 6) is 0.843. The van der Waals surface area contributed by atoms with Crippen molar-refractivity contribution in [1.29, 1.82) is 0 Å². The first-order valence-corrected chi connectivity index (χ1v) is 11.5. The van der Waals surface area contributed by atoms with E-state index >= 15 is 0 Å². The third-order valence-electron chi connectivity index (χ3n) is 5.48. The Kier molecular flexibility index (Phi) is 7.34. The minimum absolute atomic E-state index is 0.0801. The van der Waals surface area contributed by atoms with Gasteiger partial charge in [0.05, 0.1) is 13.2 Å². The Morgan fingerprint density at radius 1 is 1.19 bits per heavy atom. The topological polar surface area (TPSA) is 63.7 Å². The standard InChI is InChI=1S/C24H26FN3O3S/c1-30-20-6-4-5-17(13-20)22(28-11-2-3-12-28)14-26-24(29)21-16-32-23(27-21)15-31-19-9-7-18(25)8-10-19/h4-10,13,16,22H,2-3,11-12,14-15H2,1H3,(H,26,29). The van der Waals surface area contributed by atoms with E-state index in [1.807, 2.05) is 18.2 Å². The molecule has 2 aromatic carbocycles. The van der Waals surface area contributed by atoms with E-state index < -0.39 is 0 Å². The molecule has 168 valence electrons. The minimum atomic E-state index is -0.313. The van der Waals surface area contributed by atoms with Crippen LogP contribution >= 0.6 is 11.3 Å². The number of likely N-dealkylation sites (tertiary alicyclic amines) is 1. The van der Waals surface area contributed by atoms with E-state index in [1.165, 1.54) is 23.5 Å². The van der Waals surface area contributed by atoms with Crippen molar-refractivity contribution < 1.29 is 18.7 Å². The maximum Gasteiger partial charge on any atom is 0.270 e. The van der Waals surface area contributed by atoms with Crippen LogP contribution < -0.4 is 14.8 Å². The molecule has 6 nitrogen and oxygen atoms in total. The molecule has 0 spiro atoms. The van der Waals surface area contributed by atoms with Crippen LogP contribution in [-0.4, -0.2) is 42.5 Å². The Hall–Kier alpha value is -2.97. The summed E-state index contributed by atoms with van der Waals surface area (Å²) in [7, 11) is 1.66. The number of thiazole rings is 1. The molecule has 1 saturated heterocycles. The van der Waals surface area contributed by atoms with E-state index in [4.69, 9.17) is 9.47 Å². The summed E-state index contributed by atoms with van der Waals surface area (Å²) in [4.78, 5) is 19.5. The number of carbonyl (C=O) groups excluding carboxylic acids is 1. The van der Waals surface area contributed by atoms with Gasteiger partial charge in [0, 0.05) is 11.9 Å². The fourth-order valence-electron chi connectivity index (χ4n) is 3.80. The number of carbonyl (C=O) groups is 1. The summed E-state index contributed by atoms with van der Waals surface area (Å²) < 4.78 is 24.0. The van der Waals surface area contributed by atoms with Gasteiger partial charge in [0.25, 0.3) is 5.91 Å². The SMILES string of the molecule is COc1cccc(C(CNC(=O)c2csc(COc3ccc(F)cc3)n2)N2CCCC2)c1. The van der Waals surface area contributed by atoms with Crippen LogP contribution in [0.5, 0.6) is 11.5 Å². The average molecular weight is 456 g/mol. The van der Waals surface area contributed by atoms with Gasteiger partial charge in [-0.15, -0.1) is 11.3 Å². The van der Waals surface area contributed by atoms with Crippen molar-refractivity contribution >= 4 is 17.2 Å². The fourth-order valence-corrected chi connectivity index (χ4v) is 4.48. The molecule has 1 fully saturated rings. The lowest BCUT2D eigenvalue weighted by Gasteiger charge is -2.28. The molecule has 1 aliphatic heterocycles. The summed E-state index contributed by atoms with van der Waals surface area (Å²) in [6.07, 6.45) is 2.33. The number of aromatic nitrogens is 1. The molecule has 0 saturated carbocycles. The second-order valence-corrected chi connectivity index (χ2v) is 8.56. The molecule has 1 aliphatic rings. The van der Waals surface area contributed by atoms with Gasteiger partial charge < -0.3 is 14.8 Å². The van der Waals surface area contributed by atoms with Crippen LogP contribution in [0.2, 0.25) is 0 Å². The van der Waals surface area contributed by atoms with Gasteiger partial charge in [0.1, 0.15) is 34.6 Å². The number of halogens is 1. The Bertz CT molecular complexity index is 1030. The Morgan fingerprint density at radius 3 is 2.72 bits per heavy atom. The van der Waals surface area contributed by atoms with Gasteiger partial charge in [-0.2, -0.15) is 0 Å².